The third-order valence-corrected chi connectivity index (χ3v) is 7.07. The van der Waals surface area contributed by atoms with Crippen LogP contribution in [0.2, 0.25) is 5.75 Å². The van der Waals surface area contributed by atoms with E-state index < -0.39 is 23.7 Å². The zero-order chi connectivity index (χ0) is 24.8. The van der Waals surface area contributed by atoms with Crippen LogP contribution in [-0.2, 0) is 14.3 Å². The minimum atomic E-state index is -0.887. The molecule has 4 rings (SSSR count). The number of carbonyl (C=O) groups excluding carboxylic acids is 3. The minimum absolute atomic E-state index is 0. The molecule has 1 aromatic carbocycles. The van der Waals surface area contributed by atoms with E-state index in [9.17, 15) is 14.4 Å². The molecule has 0 bridgehead atoms. The lowest BCUT2D eigenvalue weighted by Gasteiger charge is -2.38. The van der Waals surface area contributed by atoms with Crippen LogP contribution < -0.4 is 15.1 Å². The first-order valence-electron chi connectivity index (χ1n) is 11.0. The largest absolute Gasteiger partial charge is 0.442 e. The molecule has 1 N–H and O–H groups in total. The molecule has 8 nitrogen and oxygen atoms in total. The maximum absolute atomic E-state index is 12.8. The molecular weight excluding hydrogens is 466 g/mol. The summed E-state index contributed by atoms with van der Waals surface area (Å²) >= 11 is 7.09. The topological polar surface area (TPSA) is 88.2 Å². The van der Waals surface area contributed by atoms with E-state index in [0.29, 0.717) is 33.6 Å². The van der Waals surface area contributed by atoms with Gasteiger partial charge in [-0.05, 0) is 63.1 Å². The lowest BCUT2D eigenvalue weighted by molar-refractivity contribution is -0.144. The highest BCUT2D eigenvalue weighted by molar-refractivity contribution is 7.18. The molecule has 296 valence electrons. The summed E-state index contributed by atoms with van der Waals surface area (Å²) in [5.74, 6) is -0.597. The van der Waals surface area contributed by atoms with Crippen molar-refractivity contribution in [1.82, 2.24) is 5.31 Å². The van der Waals surface area contributed by atoms with Gasteiger partial charge in [-0.2, -0.15) is 0 Å². The van der Waals surface area contributed by atoms with Crippen molar-refractivity contribution in [2.75, 3.05) is 36.0 Å². The molecule has 2 aliphatic heterocycles. The second kappa shape index (κ2) is 8.96. The Morgan fingerprint density at radius 1 is 1.30 bits per heavy atom. The van der Waals surface area contributed by atoms with Gasteiger partial charge in [0.05, 0.1) is 28.9 Å². The number of halogens is 1. The Labute approximate surface area is 291 Å². The van der Waals surface area contributed by atoms with Crippen molar-refractivity contribution in [3.63, 3.8) is 0 Å². The van der Waals surface area contributed by atoms with E-state index in [1.54, 1.807) is 37.8 Å². The zero-order valence-electron chi connectivity index (χ0n) is 19.9. The normalized spacial score (nSPS) is 20.6. The molecule has 2 saturated heterocycles. The summed E-state index contributed by atoms with van der Waals surface area (Å²) in [5.41, 5.74) is 2.05. The third-order valence-electron chi connectivity index (χ3n) is 5.72. The highest BCUT2D eigenvalue weighted by Gasteiger charge is 2.38. The quantitative estimate of drug-likeness (QED) is 0.362. The molecule has 0 aliphatic carbocycles. The number of anilines is 2. The molecule has 0 saturated carbocycles. The monoisotopic (exact) mass is 613 g/mol. The summed E-state index contributed by atoms with van der Waals surface area (Å²) < 4.78 is 19.6. The summed E-state index contributed by atoms with van der Waals surface area (Å²) in [5, 5.41) is 0.802. The van der Waals surface area contributed by atoms with Gasteiger partial charge in [0.2, 0.25) is 0 Å². The molecule has 0 unspecified atom stereocenters. The number of nitrogens with zero attached hydrogens (tertiary/aromatic N) is 2. The highest BCUT2D eigenvalue weighted by atomic mass is 35.5. The van der Waals surface area contributed by atoms with Crippen molar-refractivity contribution < 1.29 is 111 Å². The number of morpholine rings is 1. The molecule has 10 heteroatoms. The molecule has 2 aromatic rings. The molecular formula is C23H146ClN3O5S. The number of cyclic esters (lactones) is 1. The molecule has 0 spiro atoms. The number of thiophene rings is 1. The fraction of sp³-hybridized carbons (Fsp3) is 0.435. The highest BCUT2D eigenvalue weighted by Crippen LogP contribution is 2.31. The van der Waals surface area contributed by atoms with Gasteiger partial charge in [0.15, 0.2) is 1.41 Å². The van der Waals surface area contributed by atoms with Crippen LogP contribution in [-0.4, -0.2) is 55.9 Å². The van der Waals surface area contributed by atoms with E-state index in [1.165, 1.54) is 4.90 Å². The number of amides is 3. The van der Waals surface area contributed by atoms with Crippen LogP contribution in [0.4, 0.5) is 16.2 Å². The van der Waals surface area contributed by atoms with Crippen LogP contribution in [0.3, 0.4) is 0 Å². The van der Waals surface area contributed by atoms with Gasteiger partial charge in [-0.3, -0.25) is 14.5 Å². The summed E-state index contributed by atoms with van der Waals surface area (Å²) in [4.78, 5) is 41.5. The number of nitrogens with one attached hydrogen (secondary N) is 1. The van der Waals surface area contributed by atoms with Gasteiger partial charge in [0.1, 0.15) is 11.7 Å². The van der Waals surface area contributed by atoms with E-state index in [2.05, 4.69) is 0 Å². The predicted molar refractivity (Wildman–Crippen MR) is 254 cm³/mol. The third kappa shape index (κ3) is 4.71. The van der Waals surface area contributed by atoms with Gasteiger partial charge in [0.25, 0.3) is 11.8 Å². The maximum Gasteiger partial charge on any atom is 0.414 e. The maximum atomic E-state index is 12.8. The average Bonchev–Trinajstić information content (AvgIpc) is 3.30. The van der Waals surface area contributed by atoms with Crippen LogP contribution in [0.25, 0.3) is 0 Å². The molecule has 0 radical (unpaired) electrons. The number of hydrogen-bond acceptors (Lipinski definition) is 6. The van der Waals surface area contributed by atoms with Crippen molar-refractivity contribution in [2.45, 2.75) is 39.4 Å². The van der Waals surface area contributed by atoms with Crippen LogP contribution in [0, 0.1) is 13.8 Å². The molecule has 3 amide bonds. The predicted octanol–water partition coefficient (Wildman–Crippen LogP) is 18.7. The van der Waals surface area contributed by atoms with Crippen molar-refractivity contribution in [3.05, 3.63) is 44.6 Å². The average molecular weight is 614 g/mol. The summed E-state index contributed by atoms with van der Waals surface area (Å²) in [6.07, 6.45) is -1.19. The van der Waals surface area contributed by atoms with Gasteiger partial charge in [-0.15, -0.1) is 11.3 Å². The number of rotatable bonds is 5. The van der Waals surface area contributed by atoms with Gasteiger partial charge in [-0.25, -0.2) is 4.79 Å². The molecule has 1 aromatic heterocycles. The first kappa shape index (κ1) is 22.2. The molecule has 1 atom stereocenters. The Balaban J connectivity index is -0.00000000415. The molecule has 2 aliphatic rings. The standard InChI is InChI=1S/C23H26ClN3O5S.60H2/c1-13-9-15(5-6-17(13)26-7-8-31-23(3,4)21(26)29)27-12-16(32-22(27)30)11-25-20(28)19-14(2)10-18(24)33-19;;;;;;;;;;;;;;;;;;;;;;;;;;;;;;;;;;;;;;;;;;;;;;;;;;;;;;;;;;;;/h5-6,9-10,16H,7-8,11-12H2,1-4H3,(H,25,28);60*1H/t16-;;;;;;;;;;;;;;;;;;;;;;;;;;;;;;;;;;;;;;;;;;;;;;;;;;;;;;;;;;;;/m0............................................................/s1/i/hD. The van der Waals surface area contributed by atoms with Crippen molar-refractivity contribution in [1.29, 1.82) is 0 Å². The molecule has 2 fully saturated rings. The summed E-state index contributed by atoms with van der Waals surface area (Å²) in [6, 6.07) is 7.09. The van der Waals surface area contributed by atoms with Crippen molar-refractivity contribution >= 4 is 52.2 Å². The summed E-state index contributed by atoms with van der Waals surface area (Å²) in [7, 11) is 0. The molecule has 3 heterocycles. The Bertz CT molecular complexity index is 1240. The Kier molecular flexibility index (Phi) is 6.03. The Hall–Kier alpha value is -2.62. The van der Waals surface area contributed by atoms with Gasteiger partial charge >= 0.3 is 6.09 Å². The van der Waals surface area contributed by atoms with E-state index in [-0.39, 0.29) is 105 Å². The first-order chi connectivity index (χ1) is 16.0. The van der Waals surface area contributed by atoms with E-state index >= 15 is 0 Å². The van der Waals surface area contributed by atoms with Crippen LogP contribution in [0.15, 0.2) is 24.3 Å². The number of ether oxygens (including phenoxy) is 2. The number of hydrogen-bond donors (Lipinski definition) is 1. The van der Waals surface area contributed by atoms with Crippen LogP contribution in [0.1, 0.15) is 120 Å². The SMILES string of the molecule is [2H]N(C[C@H]1CN(c2ccc(N3CCOC(C)(C)C3=O)c(C)c2)C(=O)O1)C(=O)c1sc(Cl)cc1C.[HH].[HH].[HH].[HH].[HH].[HH].[HH].[HH].[HH].[HH].[HH].[HH].[HH].[HH].[HH].[HH].[HH].[HH].[HH].[HH].[HH].[HH].[HH].[HH].[HH].[HH].[HH].[HH].[HH].[HH].[HH].[HH].[HH].[HH].[HH].[HH].[HH].[HH].[HH].[HH].[HH].[HH].[HH].[HH].[HH].[HH].[HH].[HH].[HH].[HH].[HH].[HH].[HH].[HH].[HH].[HH].[HH].[HH].[HH].[HH]. The number of aryl methyl sites for hydroxylation is 2. The van der Waals surface area contributed by atoms with Crippen molar-refractivity contribution in [2.24, 2.45) is 0 Å². The minimum Gasteiger partial charge on any atom is -0.442 e. The van der Waals surface area contributed by atoms with Gasteiger partial charge in [0, 0.05) is 104 Å². The van der Waals surface area contributed by atoms with Crippen LogP contribution >= 0.6 is 22.9 Å². The van der Waals surface area contributed by atoms with E-state index in [0.717, 1.165) is 27.9 Å². The zero-order valence-corrected chi connectivity index (χ0v) is 20.5. The first-order valence-corrected chi connectivity index (χ1v) is 11.8. The fourth-order valence-electron chi connectivity index (χ4n) is 3.96. The number of benzene rings is 1. The van der Waals surface area contributed by atoms with Crippen LogP contribution in [0.5, 0.6) is 0 Å². The van der Waals surface area contributed by atoms with Gasteiger partial charge in [-0.1, -0.05) is 11.6 Å². The second-order valence-corrected chi connectivity index (χ2v) is 10.3. The Morgan fingerprint density at radius 2 is 2.06 bits per heavy atom. The van der Waals surface area contributed by atoms with Gasteiger partial charge < -0.3 is 19.7 Å². The summed E-state index contributed by atoms with van der Waals surface area (Å²) in [6.45, 7) is 8.18. The Morgan fingerprint density at radius 3 is 2.73 bits per heavy atom. The van der Waals surface area contributed by atoms with E-state index in [1.807, 2.05) is 19.1 Å². The lowest BCUT2D eigenvalue weighted by atomic mass is 10.0. The lowest BCUT2D eigenvalue weighted by Crippen LogP contribution is -2.53. The fourth-order valence-corrected chi connectivity index (χ4v) is 5.16. The molecule has 33 heavy (non-hydrogen) atoms. The number of carbonyl (C=O) groups is 3. The van der Waals surface area contributed by atoms with E-state index in [4.69, 9.17) is 22.5 Å². The smallest absolute Gasteiger partial charge is 0.414 e. The second-order valence-electron chi connectivity index (χ2n) is 8.61. The van der Waals surface area contributed by atoms with Crippen molar-refractivity contribution in [3.8, 4) is 0 Å².